The molecule has 8 nitrogen and oxygen atoms in total. The van der Waals surface area contributed by atoms with Crippen LogP contribution in [-0.4, -0.2) is 45.7 Å². The van der Waals surface area contributed by atoms with Gasteiger partial charge in [-0.3, -0.25) is 4.79 Å². The van der Waals surface area contributed by atoms with Crippen LogP contribution < -0.4 is 5.32 Å². The van der Waals surface area contributed by atoms with Gasteiger partial charge in [-0.1, -0.05) is 36.4 Å². The molecule has 0 fully saturated rings. The van der Waals surface area contributed by atoms with Gasteiger partial charge in [-0.15, -0.1) is 0 Å². The number of carboxylic acid groups (broad SMARTS) is 1. The maximum atomic E-state index is 12.8. The Hall–Kier alpha value is -4.07. The van der Waals surface area contributed by atoms with Crippen molar-refractivity contribution < 1.29 is 24.2 Å². The van der Waals surface area contributed by atoms with Gasteiger partial charge in [0.25, 0.3) is 0 Å². The predicted octanol–water partition coefficient (Wildman–Crippen LogP) is 4.70. The molecule has 36 heavy (non-hydrogen) atoms. The standard InChI is InChI=1S/C28H31N3O5/c1-36-28(35)25(31-22-12-4-2-10-20(22)21-11-3-5-13-23(21)31)14-6-7-17-29-26(32)16-15-24(27(33)34)30-18-8-9-19-30/h2-5,8-13,18-19,24-25H,6-7,14-17H2,1H3,(H,29,32)(H,33,34)/t24-,25-/m0/s1. The maximum absolute atomic E-state index is 12.8. The molecule has 8 heteroatoms. The molecule has 2 aromatic carbocycles. The van der Waals surface area contributed by atoms with Crippen molar-refractivity contribution >= 4 is 39.7 Å². The van der Waals surface area contributed by atoms with Gasteiger partial charge < -0.3 is 24.3 Å². The lowest BCUT2D eigenvalue weighted by Gasteiger charge is -2.19. The highest BCUT2D eigenvalue weighted by atomic mass is 16.5. The minimum absolute atomic E-state index is 0.126. The van der Waals surface area contributed by atoms with Crippen molar-refractivity contribution in [3.05, 3.63) is 73.1 Å². The zero-order chi connectivity index (χ0) is 25.5. The van der Waals surface area contributed by atoms with Crippen molar-refractivity contribution in [2.24, 2.45) is 0 Å². The molecule has 188 valence electrons. The molecule has 2 N–H and O–H groups in total. The number of esters is 1. The Bertz CT molecular complexity index is 1290. The minimum atomic E-state index is -0.960. The Morgan fingerprint density at radius 2 is 1.47 bits per heavy atom. The van der Waals surface area contributed by atoms with E-state index in [2.05, 4.69) is 22.0 Å². The van der Waals surface area contributed by atoms with Gasteiger partial charge in [-0.2, -0.15) is 0 Å². The van der Waals surface area contributed by atoms with Crippen LogP contribution in [0.5, 0.6) is 0 Å². The molecule has 0 radical (unpaired) electrons. The van der Waals surface area contributed by atoms with Crippen LogP contribution in [0, 0.1) is 0 Å². The number of carboxylic acids is 1. The van der Waals surface area contributed by atoms with Gasteiger partial charge in [-0.05, 0) is 49.9 Å². The molecule has 4 rings (SSSR count). The molecule has 2 aromatic heterocycles. The average molecular weight is 490 g/mol. The highest BCUT2D eigenvalue weighted by Gasteiger charge is 2.25. The monoisotopic (exact) mass is 489 g/mol. The molecule has 0 spiro atoms. The second-order valence-electron chi connectivity index (χ2n) is 8.81. The first-order valence-corrected chi connectivity index (χ1v) is 12.2. The van der Waals surface area contributed by atoms with E-state index in [1.54, 1.807) is 29.1 Å². The number of methoxy groups -OCH3 is 1. The number of carbonyl (C=O) groups excluding carboxylic acids is 2. The zero-order valence-electron chi connectivity index (χ0n) is 20.3. The first kappa shape index (κ1) is 25.0. The number of carbonyl (C=O) groups is 3. The quantitative estimate of drug-likeness (QED) is 0.222. The van der Waals surface area contributed by atoms with Crippen LogP contribution in [0.4, 0.5) is 0 Å². The molecule has 0 aliphatic rings. The fraction of sp³-hybridized carbons (Fsp3) is 0.321. The molecule has 2 heterocycles. The van der Waals surface area contributed by atoms with Gasteiger partial charge in [0.2, 0.25) is 5.91 Å². The molecule has 2 atom stereocenters. The summed E-state index contributed by atoms with van der Waals surface area (Å²) < 4.78 is 8.81. The number of nitrogens with zero attached hydrogens (tertiary/aromatic N) is 2. The van der Waals surface area contributed by atoms with Gasteiger partial charge in [0.15, 0.2) is 0 Å². The van der Waals surface area contributed by atoms with Gasteiger partial charge in [-0.25, -0.2) is 9.59 Å². The molecule has 0 aliphatic heterocycles. The van der Waals surface area contributed by atoms with Crippen LogP contribution in [0.3, 0.4) is 0 Å². The number of fused-ring (bicyclic) bond motifs is 3. The second kappa shape index (κ2) is 11.6. The van der Waals surface area contributed by atoms with Crippen LogP contribution in [-0.2, 0) is 19.1 Å². The zero-order valence-corrected chi connectivity index (χ0v) is 20.3. The summed E-state index contributed by atoms with van der Waals surface area (Å²) in [7, 11) is 1.40. The van der Waals surface area contributed by atoms with Crippen molar-refractivity contribution in [3.8, 4) is 0 Å². The molecule has 0 bridgehead atoms. The van der Waals surface area contributed by atoms with E-state index < -0.39 is 18.1 Å². The maximum Gasteiger partial charge on any atom is 0.328 e. The molecule has 0 aliphatic carbocycles. The summed E-state index contributed by atoms with van der Waals surface area (Å²) in [5.74, 6) is -1.44. The van der Waals surface area contributed by atoms with E-state index in [1.165, 1.54) is 7.11 Å². The fourth-order valence-electron chi connectivity index (χ4n) is 4.78. The van der Waals surface area contributed by atoms with Gasteiger partial charge >= 0.3 is 11.9 Å². The van der Waals surface area contributed by atoms with Crippen LogP contribution in [0.15, 0.2) is 73.1 Å². The van der Waals surface area contributed by atoms with E-state index in [4.69, 9.17) is 4.74 Å². The lowest BCUT2D eigenvalue weighted by Crippen LogP contribution is -2.27. The number of unbranched alkanes of at least 4 members (excludes halogenated alkanes) is 1. The summed E-state index contributed by atoms with van der Waals surface area (Å²) in [5, 5.41) is 14.5. The number of rotatable bonds is 12. The summed E-state index contributed by atoms with van der Waals surface area (Å²) in [4.78, 5) is 36.6. The minimum Gasteiger partial charge on any atom is -0.480 e. The SMILES string of the molecule is COC(=O)[C@H](CCCCNC(=O)CC[C@@H](C(=O)O)n1cccc1)n1c2ccccc2c2ccccc21. The fourth-order valence-corrected chi connectivity index (χ4v) is 4.78. The first-order valence-electron chi connectivity index (χ1n) is 12.2. The largest absolute Gasteiger partial charge is 0.480 e. The molecular formula is C28H31N3O5. The third kappa shape index (κ3) is 5.43. The van der Waals surface area contributed by atoms with E-state index in [0.717, 1.165) is 21.8 Å². The number of para-hydroxylation sites is 2. The number of aliphatic carboxylic acids is 1. The predicted molar refractivity (Wildman–Crippen MR) is 138 cm³/mol. The Morgan fingerprint density at radius 3 is 2.06 bits per heavy atom. The molecular weight excluding hydrogens is 458 g/mol. The van der Waals surface area contributed by atoms with E-state index >= 15 is 0 Å². The molecule has 0 saturated carbocycles. The number of aromatic nitrogens is 2. The Labute approximate surface area is 209 Å². The lowest BCUT2D eigenvalue weighted by molar-refractivity contribution is -0.145. The highest BCUT2D eigenvalue weighted by Crippen LogP contribution is 2.33. The molecule has 4 aromatic rings. The summed E-state index contributed by atoms with van der Waals surface area (Å²) in [5.41, 5.74) is 1.97. The van der Waals surface area contributed by atoms with Crippen molar-refractivity contribution in [2.75, 3.05) is 13.7 Å². The third-order valence-electron chi connectivity index (χ3n) is 6.55. The smallest absolute Gasteiger partial charge is 0.328 e. The van der Waals surface area contributed by atoms with Gasteiger partial charge in [0.1, 0.15) is 12.1 Å². The van der Waals surface area contributed by atoms with Gasteiger partial charge in [0.05, 0.1) is 7.11 Å². The molecule has 1 amide bonds. The number of ether oxygens (including phenoxy) is 1. The van der Waals surface area contributed by atoms with Crippen molar-refractivity contribution in [3.63, 3.8) is 0 Å². The Balaban J connectivity index is 1.34. The number of benzene rings is 2. The second-order valence-corrected chi connectivity index (χ2v) is 8.81. The van der Waals surface area contributed by atoms with Crippen molar-refractivity contribution in [1.29, 1.82) is 0 Å². The van der Waals surface area contributed by atoms with Gasteiger partial charge in [0, 0.05) is 47.2 Å². The summed E-state index contributed by atoms with van der Waals surface area (Å²) in [6, 6.07) is 18.3. The summed E-state index contributed by atoms with van der Waals surface area (Å²) >= 11 is 0. The lowest BCUT2D eigenvalue weighted by atomic mass is 10.1. The topological polar surface area (TPSA) is 103 Å². The van der Waals surface area contributed by atoms with Crippen LogP contribution in [0.1, 0.15) is 44.2 Å². The van der Waals surface area contributed by atoms with E-state index in [0.29, 0.717) is 25.8 Å². The Kier molecular flexibility index (Phi) is 8.05. The van der Waals surface area contributed by atoms with E-state index in [-0.39, 0.29) is 24.7 Å². The van der Waals surface area contributed by atoms with Crippen LogP contribution >= 0.6 is 0 Å². The highest BCUT2D eigenvalue weighted by molar-refractivity contribution is 6.08. The van der Waals surface area contributed by atoms with E-state index in [1.807, 2.05) is 36.4 Å². The number of nitrogens with one attached hydrogen (secondary N) is 1. The third-order valence-corrected chi connectivity index (χ3v) is 6.55. The normalized spacial score (nSPS) is 12.9. The summed E-state index contributed by atoms with van der Waals surface area (Å²) in [6.45, 7) is 0.459. The average Bonchev–Trinajstić information content (AvgIpc) is 3.53. The summed E-state index contributed by atoms with van der Waals surface area (Å²) in [6.07, 6.45) is 5.69. The number of hydrogen-bond acceptors (Lipinski definition) is 4. The number of hydrogen-bond donors (Lipinski definition) is 2. The van der Waals surface area contributed by atoms with Crippen molar-refractivity contribution in [2.45, 2.75) is 44.2 Å². The molecule has 0 unspecified atom stereocenters. The Morgan fingerprint density at radius 1 is 0.861 bits per heavy atom. The number of amides is 1. The molecule has 0 saturated heterocycles. The van der Waals surface area contributed by atoms with E-state index in [9.17, 15) is 19.5 Å². The van der Waals surface area contributed by atoms with Crippen molar-refractivity contribution in [1.82, 2.24) is 14.5 Å². The first-order chi connectivity index (χ1) is 17.5. The van der Waals surface area contributed by atoms with Crippen LogP contribution in [0.25, 0.3) is 21.8 Å². The van der Waals surface area contributed by atoms with Crippen LogP contribution in [0.2, 0.25) is 0 Å².